The van der Waals surface area contributed by atoms with Crippen molar-refractivity contribution in [3.8, 4) is 0 Å². The van der Waals surface area contributed by atoms with Crippen LogP contribution in [0.25, 0.3) is 0 Å². The molecule has 1 fully saturated rings. The number of hydrogen-bond acceptors (Lipinski definition) is 3. The van der Waals surface area contributed by atoms with E-state index in [9.17, 15) is 4.79 Å². The summed E-state index contributed by atoms with van der Waals surface area (Å²) >= 11 is 0. The Morgan fingerprint density at radius 2 is 1.39 bits per heavy atom. The lowest BCUT2D eigenvalue weighted by atomic mass is 10.0. The molecule has 5 rings (SSSR count). The fourth-order valence-corrected chi connectivity index (χ4v) is 5.18. The van der Waals surface area contributed by atoms with Gasteiger partial charge in [-0.1, -0.05) is 66.7 Å². The maximum absolute atomic E-state index is 12.3. The summed E-state index contributed by atoms with van der Waals surface area (Å²) in [6.45, 7) is 2.73. The fraction of sp³-hybridized carbons (Fsp3) is 0.345. The van der Waals surface area contributed by atoms with Crippen LogP contribution in [0.15, 0.2) is 78.9 Å². The highest BCUT2D eigenvalue weighted by Gasteiger charge is 2.26. The van der Waals surface area contributed by atoms with Gasteiger partial charge in [-0.2, -0.15) is 0 Å². The summed E-state index contributed by atoms with van der Waals surface area (Å²) in [5.41, 5.74) is 6.47. The molecule has 0 atom stereocenters. The molecule has 0 aromatic heterocycles. The maximum atomic E-state index is 12.3. The Balaban J connectivity index is 1.06. The average molecular weight is 440 g/mol. The molecule has 2 N–H and O–H groups in total. The third-order valence-electron chi connectivity index (χ3n) is 7.02. The molecule has 4 nitrogen and oxygen atoms in total. The van der Waals surface area contributed by atoms with Gasteiger partial charge in [-0.15, -0.1) is 0 Å². The second-order valence-corrected chi connectivity index (χ2v) is 9.41. The standard InChI is InChI=1S/C29H33N3O/c33-29(30-21-23-6-2-1-3-7-23)18-22-10-12-28(13-11-22)32-16-14-26(15-17-32)31-27-19-24-8-4-5-9-25(24)20-27/h1-13,26-27,31H,14-21H2,(H,30,33). The molecule has 0 unspecified atom stereocenters. The first kappa shape index (κ1) is 21.7. The van der Waals surface area contributed by atoms with Crippen LogP contribution in [0, 0.1) is 0 Å². The van der Waals surface area contributed by atoms with Gasteiger partial charge < -0.3 is 15.5 Å². The second kappa shape index (κ2) is 10.2. The summed E-state index contributed by atoms with van der Waals surface area (Å²) in [6.07, 6.45) is 5.10. The summed E-state index contributed by atoms with van der Waals surface area (Å²) in [6, 6.07) is 28.6. The highest BCUT2D eigenvalue weighted by molar-refractivity contribution is 5.78. The van der Waals surface area contributed by atoms with Crippen LogP contribution >= 0.6 is 0 Å². The summed E-state index contributed by atoms with van der Waals surface area (Å²) in [7, 11) is 0. The molecular formula is C29H33N3O. The minimum atomic E-state index is 0.0626. The Morgan fingerprint density at radius 3 is 2.06 bits per heavy atom. The highest BCUT2D eigenvalue weighted by Crippen LogP contribution is 2.25. The van der Waals surface area contributed by atoms with Crippen molar-refractivity contribution in [2.75, 3.05) is 18.0 Å². The van der Waals surface area contributed by atoms with Gasteiger partial charge in [0.25, 0.3) is 0 Å². The SMILES string of the molecule is O=C(Cc1ccc(N2CCC(NC3Cc4ccccc4C3)CC2)cc1)NCc1ccccc1. The van der Waals surface area contributed by atoms with Crippen molar-refractivity contribution in [1.29, 1.82) is 0 Å². The molecular weight excluding hydrogens is 406 g/mol. The van der Waals surface area contributed by atoms with E-state index in [0.717, 1.165) is 37.1 Å². The van der Waals surface area contributed by atoms with E-state index in [0.29, 0.717) is 25.0 Å². The highest BCUT2D eigenvalue weighted by atomic mass is 16.1. The van der Waals surface area contributed by atoms with E-state index < -0.39 is 0 Å². The van der Waals surface area contributed by atoms with Crippen molar-refractivity contribution in [1.82, 2.24) is 10.6 Å². The molecule has 1 aliphatic carbocycles. The van der Waals surface area contributed by atoms with Gasteiger partial charge in [0.05, 0.1) is 6.42 Å². The Hall–Kier alpha value is -3.11. The predicted octanol–water partition coefficient (Wildman–Crippen LogP) is 4.27. The number of anilines is 1. The molecule has 1 heterocycles. The molecule has 33 heavy (non-hydrogen) atoms. The topological polar surface area (TPSA) is 44.4 Å². The summed E-state index contributed by atoms with van der Waals surface area (Å²) in [4.78, 5) is 14.8. The van der Waals surface area contributed by atoms with Gasteiger partial charge in [0.2, 0.25) is 5.91 Å². The molecule has 0 radical (unpaired) electrons. The van der Waals surface area contributed by atoms with E-state index in [1.54, 1.807) is 0 Å². The van der Waals surface area contributed by atoms with E-state index in [-0.39, 0.29) is 5.91 Å². The Bertz CT molecular complexity index is 1030. The largest absolute Gasteiger partial charge is 0.371 e. The molecule has 0 bridgehead atoms. The minimum Gasteiger partial charge on any atom is -0.371 e. The zero-order chi connectivity index (χ0) is 22.5. The molecule has 1 saturated heterocycles. The normalized spacial score (nSPS) is 16.5. The summed E-state index contributed by atoms with van der Waals surface area (Å²) in [5.74, 6) is 0.0626. The van der Waals surface area contributed by atoms with Gasteiger partial charge in [-0.3, -0.25) is 4.79 Å². The number of nitrogens with one attached hydrogen (secondary N) is 2. The van der Waals surface area contributed by atoms with Crippen LogP contribution in [0.3, 0.4) is 0 Å². The van der Waals surface area contributed by atoms with Crippen molar-refractivity contribution in [3.63, 3.8) is 0 Å². The minimum absolute atomic E-state index is 0.0626. The monoisotopic (exact) mass is 439 g/mol. The Morgan fingerprint density at radius 1 is 0.758 bits per heavy atom. The van der Waals surface area contributed by atoms with Crippen molar-refractivity contribution < 1.29 is 4.79 Å². The van der Waals surface area contributed by atoms with Crippen molar-refractivity contribution >= 4 is 11.6 Å². The van der Waals surface area contributed by atoms with Crippen LogP contribution in [0.5, 0.6) is 0 Å². The molecule has 1 aliphatic heterocycles. The van der Waals surface area contributed by atoms with Crippen LogP contribution in [0.1, 0.15) is 35.1 Å². The van der Waals surface area contributed by atoms with Gasteiger partial charge in [-0.25, -0.2) is 0 Å². The number of hydrogen-bond donors (Lipinski definition) is 2. The second-order valence-electron chi connectivity index (χ2n) is 9.41. The lowest BCUT2D eigenvalue weighted by Crippen LogP contribution is -2.46. The number of nitrogens with zero attached hydrogens (tertiary/aromatic N) is 1. The molecule has 0 spiro atoms. The predicted molar refractivity (Wildman–Crippen MR) is 134 cm³/mol. The van der Waals surface area contributed by atoms with Crippen LogP contribution in [0.2, 0.25) is 0 Å². The van der Waals surface area contributed by atoms with Crippen molar-refractivity contribution in [2.24, 2.45) is 0 Å². The molecule has 170 valence electrons. The third-order valence-corrected chi connectivity index (χ3v) is 7.02. The van der Waals surface area contributed by atoms with Crippen LogP contribution in [0.4, 0.5) is 5.69 Å². The third kappa shape index (κ3) is 5.63. The molecule has 0 saturated carbocycles. The molecule has 3 aromatic carbocycles. The number of fused-ring (bicyclic) bond motifs is 1. The maximum Gasteiger partial charge on any atom is 0.224 e. The van der Waals surface area contributed by atoms with Gasteiger partial charge >= 0.3 is 0 Å². The smallest absolute Gasteiger partial charge is 0.224 e. The number of rotatable bonds is 7. The zero-order valence-electron chi connectivity index (χ0n) is 19.2. The van der Waals surface area contributed by atoms with Crippen LogP contribution in [-0.4, -0.2) is 31.1 Å². The average Bonchev–Trinajstić information content (AvgIpc) is 3.27. The molecule has 1 amide bonds. The van der Waals surface area contributed by atoms with E-state index >= 15 is 0 Å². The lowest BCUT2D eigenvalue weighted by molar-refractivity contribution is -0.120. The van der Waals surface area contributed by atoms with Crippen molar-refractivity contribution in [3.05, 3.63) is 101 Å². The number of carbonyl (C=O) groups excluding carboxylic acids is 1. The van der Waals surface area contributed by atoms with E-state index in [1.165, 1.54) is 29.7 Å². The Labute approximate surface area is 197 Å². The fourth-order valence-electron chi connectivity index (χ4n) is 5.18. The number of amides is 1. The summed E-state index contributed by atoms with van der Waals surface area (Å²) < 4.78 is 0. The summed E-state index contributed by atoms with van der Waals surface area (Å²) in [5, 5.41) is 6.93. The first-order valence-electron chi connectivity index (χ1n) is 12.2. The van der Waals surface area contributed by atoms with Gasteiger partial charge in [0, 0.05) is 37.4 Å². The van der Waals surface area contributed by atoms with Crippen molar-refractivity contribution in [2.45, 2.75) is 50.7 Å². The lowest BCUT2D eigenvalue weighted by Gasteiger charge is -2.35. The van der Waals surface area contributed by atoms with E-state index in [2.05, 4.69) is 64.1 Å². The van der Waals surface area contributed by atoms with Gasteiger partial charge in [-0.05, 0) is 60.1 Å². The van der Waals surface area contributed by atoms with Crippen LogP contribution in [-0.2, 0) is 30.6 Å². The Kier molecular flexibility index (Phi) is 6.73. The number of piperidine rings is 1. The number of benzene rings is 3. The van der Waals surface area contributed by atoms with Gasteiger partial charge in [0.15, 0.2) is 0 Å². The molecule has 4 heteroatoms. The van der Waals surface area contributed by atoms with Crippen LogP contribution < -0.4 is 15.5 Å². The van der Waals surface area contributed by atoms with E-state index in [1.807, 2.05) is 30.3 Å². The zero-order valence-corrected chi connectivity index (χ0v) is 19.2. The first-order valence-corrected chi connectivity index (χ1v) is 12.2. The van der Waals surface area contributed by atoms with E-state index in [4.69, 9.17) is 0 Å². The van der Waals surface area contributed by atoms with Gasteiger partial charge in [0.1, 0.15) is 0 Å². The molecule has 3 aromatic rings. The molecule has 2 aliphatic rings. The first-order chi connectivity index (χ1) is 16.2. The number of carbonyl (C=O) groups is 1. The quantitative estimate of drug-likeness (QED) is 0.578.